The van der Waals surface area contributed by atoms with Crippen molar-refractivity contribution in [2.24, 2.45) is 0 Å². The Morgan fingerprint density at radius 3 is 2.39 bits per heavy atom. The fraction of sp³-hybridized carbons (Fsp3) is 0.130. The average Bonchev–Trinajstić information content (AvgIpc) is 2.80. The third-order valence-corrected chi connectivity index (χ3v) is 4.19. The topological polar surface area (TPSA) is 115 Å². The normalized spacial score (nSPS) is 10.8. The van der Waals surface area contributed by atoms with E-state index in [1.165, 1.54) is 25.6 Å². The van der Waals surface area contributed by atoms with Gasteiger partial charge in [0, 0.05) is 5.56 Å². The summed E-state index contributed by atoms with van der Waals surface area (Å²) < 4.78 is 16.4. The summed E-state index contributed by atoms with van der Waals surface area (Å²) in [4.78, 5) is 19.9. The van der Waals surface area contributed by atoms with Crippen molar-refractivity contribution in [2.75, 3.05) is 13.7 Å². The van der Waals surface area contributed by atoms with E-state index in [1.54, 1.807) is 48.5 Å². The number of carbonyl (C=O) groups excluding carboxylic acids is 1. The van der Waals surface area contributed by atoms with Crippen LogP contribution in [-0.2, 0) is 9.53 Å². The second kappa shape index (κ2) is 10.5. The Morgan fingerprint density at radius 1 is 1.06 bits per heavy atom. The third-order valence-electron chi connectivity index (χ3n) is 4.19. The maximum absolute atomic E-state index is 11.8. The number of methoxy groups -OCH3 is 1. The van der Waals surface area contributed by atoms with Gasteiger partial charge in [0.05, 0.1) is 31.8 Å². The smallest absolute Gasteiger partial charge is 0.309 e. The van der Waals surface area contributed by atoms with Crippen molar-refractivity contribution in [3.63, 3.8) is 0 Å². The van der Waals surface area contributed by atoms with Crippen LogP contribution in [0.1, 0.15) is 17.5 Å². The zero-order chi connectivity index (χ0) is 22.1. The van der Waals surface area contributed by atoms with Crippen LogP contribution in [0.3, 0.4) is 0 Å². The molecule has 0 amide bonds. The van der Waals surface area contributed by atoms with Gasteiger partial charge in [-0.05, 0) is 23.8 Å². The van der Waals surface area contributed by atoms with Gasteiger partial charge in [-0.25, -0.2) is 9.97 Å². The highest BCUT2D eigenvalue weighted by Crippen LogP contribution is 2.32. The third kappa shape index (κ3) is 5.65. The minimum Gasteiger partial charge on any atom is -0.469 e. The number of nitriles is 1. The molecule has 0 atom stereocenters. The number of ether oxygens (including phenoxy) is 3. The van der Waals surface area contributed by atoms with Crippen molar-refractivity contribution in [3.8, 4) is 29.3 Å². The minimum absolute atomic E-state index is 0.0273. The summed E-state index contributed by atoms with van der Waals surface area (Å²) in [5.74, 6) is 0.747. The Balaban J connectivity index is 1.87. The maximum atomic E-state index is 11.8. The number of carbonyl (C=O) groups is 1. The average molecular weight is 417 g/mol. The van der Waals surface area contributed by atoms with Gasteiger partial charge < -0.3 is 19.3 Å². The van der Waals surface area contributed by atoms with Gasteiger partial charge in [-0.2, -0.15) is 5.26 Å². The maximum Gasteiger partial charge on any atom is 0.309 e. The van der Waals surface area contributed by atoms with Crippen molar-refractivity contribution in [1.82, 2.24) is 9.97 Å². The number of aliphatic hydroxyl groups is 1. The van der Waals surface area contributed by atoms with E-state index in [2.05, 4.69) is 16.0 Å². The molecule has 8 nitrogen and oxygen atoms in total. The molecular weight excluding hydrogens is 398 g/mol. The van der Waals surface area contributed by atoms with Crippen LogP contribution in [0.25, 0.3) is 5.57 Å². The van der Waals surface area contributed by atoms with Gasteiger partial charge in [-0.15, -0.1) is 0 Å². The molecule has 156 valence electrons. The first-order valence-electron chi connectivity index (χ1n) is 9.27. The van der Waals surface area contributed by atoms with Gasteiger partial charge in [-0.3, -0.25) is 4.79 Å². The Hall–Kier alpha value is -4.22. The molecule has 0 radical (unpaired) electrons. The first-order chi connectivity index (χ1) is 15.1. The van der Waals surface area contributed by atoms with Crippen LogP contribution in [0.2, 0.25) is 0 Å². The molecule has 0 aliphatic heterocycles. The predicted molar refractivity (Wildman–Crippen MR) is 111 cm³/mol. The number of benzene rings is 2. The van der Waals surface area contributed by atoms with Gasteiger partial charge in [0.2, 0.25) is 11.8 Å². The summed E-state index contributed by atoms with van der Waals surface area (Å²) in [6, 6.07) is 17.4. The zero-order valence-electron chi connectivity index (χ0n) is 16.7. The molecule has 2 aromatic carbocycles. The molecule has 3 rings (SSSR count). The highest BCUT2D eigenvalue weighted by atomic mass is 16.5. The largest absolute Gasteiger partial charge is 0.469 e. The van der Waals surface area contributed by atoms with Crippen molar-refractivity contribution in [1.29, 1.82) is 5.26 Å². The molecule has 1 aromatic heterocycles. The van der Waals surface area contributed by atoms with Crippen LogP contribution in [0.5, 0.6) is 23.3 Å². The van der Waals surface area contributed by atoms with Crippen molar-refractivity contribution in [3.05, 3.63) is 78.1 Å². The predicted octanol–water partition coefficient (Wildman–Crippen LogP) is 3.87. The van der Waals surface area contributed by atoms with Crippen LogP contribution >= 0.6 is 0 Å². The van der Waals surface area contributed by atoms with E-state index in [4.69, 9.17) is 14.2 Å². The van der Waals surface area contributed by atoms with E-state index in [0.717, 1.165) is 0 Å². The lowest BCUT2D eigenvalue weighted by molar-refractivity contribution is -0.139. The van der Waals surface area contributed by atoms with E-state index in [0.29, 0.717) is 28.2 Å². The molecule has 0 fully saturated rings. The van der Waals surface area contributed by atoms with Crippen molar-refractivity contribution >= 4 is 11.5 Å². The highest BCUT2D eigenvalue weighted by Gasteiger charge is 2.15. The molecule has 0 aliphatic rings. The van der Waals surface area contributed by atoms with E-state index in [-0.39, 0.29) is 24.8 Å². The summed E-state index contributed by atoms with van der Waals surface area (Å²) in [7, 11) is 1.30. The summed E-state index contributed by atoms with van der Waals surface area (Å²) in [6.07, 6.45) is 2.77. The number of aromatic nitrogens is 2. The highest BCUT2D eigenvalue weighted by molar-refractivity contribution is 5.86. The van der Waals surface area contributed by atoms with Crippen molar-refractivity contribution < 1.29 is 24.1 Å². The monoisotopic (exact) mass is 417 g/mol. The Kier molecular flexibility index (Phi) is 7.30. The van der Waals surface area contributed by atoms with E-state index >= 15 is 0 Å². The van der Waals surface area contributed by atoms with Gasteiger partial charge in [0.15, 0.2) is 0 Å². The minimum atomic E-state index is -0.441. The number of hydrogen-bond donors (Lipinski definition) is 1. The molecule has 0 aliphatic carbocycles. The summed E-state index contributed by atoms with van der Waals surface area (Å²) in [5.41, 5.74) is 1.53. The van der Waals surface area contributed by atoms with Gasteiger partial charge >= 0.3 is 5.97 Å². The van der Waals surface area contributed by atoms with E-state index in [9.17, 15) is 15.2 Å². The quantitative estimate of drug-likeness (QED) is 0.549. The van der Waals surface area contributed by atoms with Gasteiger partial charge in [-0.1, -0.05) is 36.4 Å². The fourth-order valence-corrected chi connectivity index (χ4v) is 2.74. The molecule has 0 saturated heterocycles. The van der Waals surface area contributed by atoms with Gasteiger partial charge in [0.25, 0.3) is 0 Å². The molecular formula is C23H19N3O5. The molecule has 31 heavy (non-hydrogen) atoms. The zero-order valence-corrected chi connectivity index (χ0v) is 16.7. The van der Waals surface area contributed by atoms with Crippen LogP contribution in [0.15, 0.2) is 67.0 Å². The number of hydrogen-bond acceptors (Lipinski definition) is 8. The van der Waals surface area contributed by atoms with Crippen LogP contribution in [-0.4, -0.2) is 34.8 Å². The first-order valence-corrected chi connectivity index (χ1v) is 9.27. The molecule has 0 bridgehead atoms. The SMILES string of the molecule is COC(=O)CC(=CCO)c1ccccc1Oc1cc(Oc2ccccc2C#N)ncn1. The fourth-order valence-electron chi connectivity index (χ4n) is 2.74. The molecule has 0 spiro atoms. The summed E-state index contributed by atoms with van der Waals surface area (Å²) in [6.45, 7) is -0.246. The lowest BCUT2D eigenvalue weighted by atomic mass is 10.0. The lowest BCUT2D eigenvalue weighted by Gasteiger charge is -2.13. The van der Waals surface area contributed by atoms with Crippen LogP contribution < -0.4 is 9.47 Å². The molecule has 8 heteroatoms. The van der Waals surface area contributed by atoms with Crippen LogP contribution in [0.4, 0.5) is 0 Å². The molecule has 0 saturated carbocycles. The first kappa shape index (κ1) is 21.5. The van der Waals surface area contributed by atoms with Gasteiger partial charge in [0.1, 0.15) is 23.9 Å². The van der Waals surface area contributed by atoms with E-state index in [1.807, 2.05) is 0 Å². The van der Waals surface area contributed by atoms with Crippen molar-refractivity contribution in [2.45, 2.75) is 6.42 Å². The van der Waals surface area contributed by atoms with E-state index < -0.39 is 5.97 Å². The number of rotatable bonds is 8. The number of esters is 1. The second-order valence-electron chi connectivity index (χ2n) is 6.17. The molecule has 1 N–H and O–H groups in total. The lowest BCUT2D eigenvalue weighted by Crippen LogP contribution is -2.03. The van der Waals surface area contributed by atoms with Crippen LogP contribution in [0, 0.1) is 11.3 Å². The summed E-state index contributed by atoms with van der Waals surface area (Å²) >= 11 is 0. The number of para-hydroxylation sites is 2. The molecule has 3 aromatic rings. The standard InChI is InChI=1S/C23H19N3O5/c1-29-23(28)12-16(10-11-27)18-7-3-5-9-20(18)31-22-13-21(25-15-26-22)30-19-8-4-2-6-17(19)14-24/h2-10,13,15,27H,11-12H2,1H3. The molecule has 1 heterocycles. The Bertz CT molecular complexity index is 1140. The number of nitrogens with zero attached hydrogens (tertiary/aromatic N) is 3. The molecule has 0 unspecified atom stereocenters. The Labute approximate surface area is 179 Å². The summed E-state index contributed by atoms with van der Waals surface area (Å²) in [5, 5.41) is 18.6. The Morgan fingerprint density at radius 2 is 1.71 bits per heavy atom. The number of aliphatic hydroxyl groups excluding tert-OH is 1. The second-order valence-corrected chi connectivity index (χ2v) is 6.17.